The highest BCUT2D eigenvalue weighted by Crippen LogP contribution is 2.29. The van der Waals surface area contributed by atoms with Gasteiger partial charge in [0, 0.05) is 37.2 Å². The van der Waals surface area contributed by atoms with Crippen LogP contribution in [0.5, 0.6) is 0 Å². The van der Waals surface area contributed by atoms with Crippen LogP contribution in [-0.4, -0.2) is 50.3 Å². The second kappa shape index (κ2) is 5.57. The summed E-state index contributed by atoms with van der Waals surface area (Å²) in [6.07, 6.45) is 1.65. The van der Waals surface area contributed by atoms with Crippen molar-refractivity contribution < 1.29 is 8.42 Å². The minimum Gasteiger partial charge on any atom is -0.370 e. The number of hydrogen-bond donors (Lipinski definition) is 1. The quantitative estimate of drug-likeness (QED) is 0.918. The molecule has 1 aliphatic rings. The van der Waals surface area contributed by atoms with Gasteiger partial charge in [0.15, 0.2) is 0 Å². The SMILES string of the molecule is CN(C)S(=O)(=O)c1cn(CC2=NCCN2)c2cc(Cl)ccc12. The number of nitrogens with zero attached hydrogens (tertiary/aromatic N) is 3. The second-order valence-electron chi connectivity index (χ2n) is 5.33. The van der Waals surface area contributed by atoms with E-state index in [1.54, 1.807) is 24.4 Å². The molecule has 3 rings (SSSR count). The third-order valence-electron chi connectivity index (χ3n) is 3.63. The van der Waals surface area contributed by atoms with Crippen LogP contribution in [0.4, 0.5) is 0 Å². The van der Waals surface area contributed by atoms with E-state index in [9.17, 15) is 8.42 Å². The monoisotopic (exact) mass is 340 g/mol. The van der Waals surface area contributed by atoms with Crippen molar-refractivity contribution in [3.8, 4) is 0 Å². The van der Waals surface area contributed by atoms with Gasteiger partial charge in [-0.05, 0) is 18.2 Å². The van der Waals surface area contributed by atoms with Crippen LogP contribution in [0.2, 0.25) is 5.02 Å². The normalized spacial score (nSPS) is 15.4. The topological polar surface area (TPSA) is 66.7 Å². The number of fused-ring (bicyclic) bond motifs is 1. The average Bonchev–Trinajstić information content (AvgIpc) is 3.07. The van der Waals surface area contributed by atoms with E-state index >= 15 is 0 Å². The van der Waals surface area contributed by atoms with E-state index < -0.39 is 10.0 Å². The van der Waals surface area contributed by atoms with Gasteiger partial charge in [-0.15, -0.1) is 0 Å². The van der Waals surface area contributed by atoms with Crippen molar-refractivity contribution in [2.75, 3.05) is 27.2 Å². The van der Waals surface area contributed by atoms with Crippen molar-refractivity contribution in [3.63, 3.8) is 0 Å². The lowest BCUT2D eigenvalue weighted by Crippen LogP contribution is -2.23. The van der Waals surface area contributed by atoms with Crippen LogP contribution in [0.1, 0.15) is 0 Å². The van der Waals surface area contributed by atoms with Crippen LogP contribution in [0.15, 0.2) is 34.3 Å². The summed E-state index contributed by atoms with van der Waals surface area (Å²) in [5.41, 5.74) is 0.782. The fourth-order valence-electron chi connectivity index (χ4n) is 2.48. The molecule has 0 bridgehead atoms. The fraction of sp³-hybridized carbons (Fsp3) is 0.357. The number of halogens is 1. The molecule has 0 amide bonds. The average molecular weight is 341 g/mol. The molecule has 0 spiro atoms. The molecule has 0 fully saturated rings. The molecule has 0 atom stereocenters. The molecule has 0 unspecified atom stereocenters. The molecule has 1 aliphatic heterocycles. The summed E-state index contributed by atoms with van der Waals surface area (Å²) in [5, 5.41) is 4.43. The first-order chi connectivity index (χ1) is 10.4. The minimum absolute atomic E-state index is 0.280. The van der Waals surface area contributed by atoms with E-state index in [4.69, 9.17) is 11.6 Å². The lowest BCUT2D eigenvalue weighted by atomic mass is 10.2. The molecule has 2 aromatic rings. The van der Waals surface area contributed by atoms with Gasteiger partial charge in [0.25, 0.3) is 0 Å². The van der Waals surface area contributed by atoms with E-state index in [1.165, 1.54) is 18.4 Å². The van der Waals surface area contributed by atoms with Gasteiger partial charge < -0.3 is 9.88 Å². The van der Waals surface area contributed by atoms with Gasteiger partial charge in [0.2, 0.25) is 10.0 Å². The molecule has 1 aromatic heterocycles. The number of aliphatic imine (C=N–C) groups is 1. The molecular weight excluding hydrogens is 324 g/mol. The van der Waals surface area contributed by atoms with Crippen LogP contribution in [-0.2, 0) is 16.6 Å². The Bertz CT molecular complexity index is 855. The molecule has 2 heterocycles. The van der Waals surface area contributed by atoms with Gasteiger partial charge in [-0.25, -0.2) is 12.7 Å². The smallest absolute Gasteiger partial charge is 0.244 e. The number of benzene rings is 1. The van der Waals surface area contributed by atoms with Crippen LogP contribution in [0.3, 0.4) is 0 Å². The Labute approximate surface area is 134 Å². The largest absolute Gasteiger partial charge is 0.370 e. The van der Waals surface area contributed by atoms with E-state index in [1.807, 2.05) is 4.57 Å². The number of nitrogens with one attached hydrogen (secondary N) is 1. The van der Waals surface area contributed by atoms with E-state index in [0.717, 1.165) is 24.4 Å². The zero-order valence-electron chi connectivity index (χ0n) is 12.4. The Balaban J connectivity index is 2.18. The number of aromatic nitrogens is 1. The first kappa shape index (κ1) is 15.3. The molecule has 8 heteroatoms. The zero-order chi connectivity index (χ0) is 15.9. The molecule has 0 saturated heterocycles. The number of hydrogen-bond acceptors (Lipinski definition) is 4. The van der Waals surface area contributed by atoms with Crippen molar-refractivity contribution in [1.29, 1.82) is 0 Å². The molecular formula is C14H17ClN4O2S. The van der Waals surface area contributed by atoms with E-state index in [0.29, 0.717) is 17.0 Å². The van der Waals surface area contributed by atoms with Crippen LogP contribution in [0.25, 0.3) is 10.9 Å². The lowest BCUT2D eigenvalue weighted by molar-refractivity contribution is 0.521. The van der Waals surface area contributed by atoms with Gasteiger partial charge >= 0.3 is 0 Å². The lowest BCUT2D eigenvalue weighted by Gasteiger charge is -2.09. The van der Waals surface area contributed by atoms with Crippen molar-refractivity contribution >= 4 is 38.4 Å². The van der Waals surface area contributed by atoms with Crippen molar-refractivity contribution in [2.24, 2.45) is 4.99 Å². The highest BCUT2D eigenvalue weighted by atomic mass is 35.5. The number of sulfonamides is 1. The molecule has 118 valence electrons. The standard InChI is InChI=1S/C14H17ClN4O2S/c1-18(2)22(20,21)13-8-19(9-14-16-5-6-17-14)12-7-10(15)3-4-11(12)13/h3-4,7-8H,5-6,9H2,1-2H3,(H,16,17). The summed E-state index contributed by atoms with van der Waals surface area (Å²) in [6.45, 7) is 2.07. The first-order valence-corrected chi connectivity index (χ1v) is 8.69. The van der Waals surface area contributed by atoms with Crippen LogP contribution >= 0.6 is 11.6 Å². The third-order valence-corrected chi connectivity index (χ3v) is 5.71. The maximum absolute atomic E-state index is 12.5. The fourth-order valence-corrected chi connectivity index (χ4v) is 3.75. The summed E-state index contributed by atoms with van der Waals surface area (Å²) < 4.78 is 28.1. The molecule has 1 N–H and O–H groups in total. The van der Waals surface area contributed by atoms with Crippen molar-refractivity contribution in [3.05, 3.63) is 29.4 Å². The Hall–Kier alpha value is -1.57. The molecule has 0 saturated carbocycles. The van der Waals surface area contributed by atoms with Gasteiger partial charge in [-0.3, -0.25) is 4.99 Å². The van der Waals surface area contributed by atoms with Crippen LogP contribution in [0, 0.1) is 0 Å². The van der Waals surface area contributed by atoms with Gasteiger partial charge in [-0.2, -0.15) is 0 Å². The van der Waals surface area contributed by atoms with Gasteiger partial charge in [-0.1, -0.05) is 11.6 Å². The molecule has 6 nitrogen and oxygen atoms in total. The summed E-state index contributed by atoms with van der Waals surface area (Å²) >= 11 is 6.07. The number of amidine groups is 1. The highest BCUT2D eigenvalue weighted by molar-refractivity contribution is 7.89. The third kappa shape index (κ3) is 2.60. The maximum atomic E-state index is 12.5. The molecule has 22 heavy (non-hydrogen) atoms. The Kier molecular flexibility index (Phi) is 3.88. The summed E-state index contributed by atoms with van der Waals surface area (Å²) in [7, 11) is -0.470. The Morgan fingerprint density at radius 1 is 1.41 bits per heavy atom. The van der Waals surface area contributed by atoms with Gasteiger partial charge in [0.1, 0.15) is 10.7 Å². The summed E-state index contributed by atoms with van der Waals surface area (Å²) in [5.74, 6) is 0.852. The molecule has 1 aromatic carbocycles. The molecule has 0 aliphatic carbocycles. The minimum atomic E-state index is -3.52. The van der Waals surface area contributed by atoms with E-state index in [-0.39, 0.29) is 4.90 Å². The first-order valence-electron chi connectivity index (χ1n) is 6.88. The Morgan fingerprint density at radius 2 is 2.18 bits per heavy atom. The van der Waals surface area contributed by atoms with Crippen LogP contribution < -0.4 is 5.32 Å². The summed E-state index contributed by atoms with van der Waals surface area (Å²) in [4.78, 5) is 4.64. The molecule has 0 radical (unpaired) electrons. The predicted molar refractivity (Wildman–Crippen MR) is 88.1 cm³/mol. The maximum Gasteiger partial charge on any atom is 0.244 e. The Morgan fingerprint density at radius 3 is 2.82 bits per heavy atom. The van der Waals surface area contributed by atoms with Crippen molar-refractivity contribution in [1.82, 2.24) is 14.2 Å². The predicted octanol–water partition coefficient (Wildman–Crippen LogP) is 1.55. The second-order valence-corrected chi connectivity index (χ2v) is 7.88. The number of rotatable bonds is 4. The van der Waals surface area contributed by atoms with Crippen molar-refractivity contribution in [2.45, 2.75) is 11.4 Å². The highest BCUT2D eigenvalue weighted by Gasteiger charge is 2.24. The zero-order valence-corrected chi connectivity index (χ0v) is 13.9. The van der Waals surface area contributed by atoms with Gasteiger partial charge in [0.05, 0.1) is 18.6 Å². The van der Waals surface area contributed by atoms with E-state index in [2.05, 4.69) is 10.3 Å². The summed E-state index contributed by atoms with van der Waals surface area (Å²) in [6, 6.07) is 5.23.